The lowest BCUT2D eigenvalue weighted by Gasteiger charge is -2.10. The molecule has 0 saturated heterocycles. The predicted octanol–water partition coefficient (Wildman–Crippen LogP) is 4.59. The summed E-state index contributed by atoms with van der Waals surface area (Å²) in [5.74, 6) is 2.13. The van der Waals surface area contributed by atoms with Crippen LogP contribution < -0.4 is 4.74 Å². The minimum Gasteiger partial charge on any atom is -0.507 e. The Morgan fingerprint density at radius 3 is 1.67 bits per heavy atom. The number of phenols is 1. The summed E-state index contributed by atoms with van der Waals surface area (Å²) < 4.78 is 5.16. The van der Waals surface area contributed by atoms with Crippen LogP contribution in [0.5, 0.6) is 11.5 Å². The Labute approximate surface area is 157 Å². The number of benzene rings is 3. The van der Waals surface area contributed by atoms with Gasteiger partial charge in [-0.2, -0.15) is 0 Å². The number of phenolic OH excluding ortho intramolecular Hbond substituents is 1. The summed E-state index contributed by atoms with van der Waals surface area (Å²) in [7, 11) is 1.55. The number of rotatable bonds is 4. The van der Waals surface area contributed by atoms with Gasteiger partial charge in [-0.3, -0.25) is 0 Å². The minimum absolute atomic E-state index is 0.0542. The zero-order valence-electron chi connectivity index (χ0n) is 14.7. The number of ether oxygens (including phenoxy) is 1. The fourth-order valence-electron chi connectivity index (χ4n) is 2.76. The lowest BCUT2D eigenvalue weighted by atomic mass is 10.1. The van der Waals surface area contributed by atoms with Crippen molar-refractivity contribution in [2.45, 2.75) is 0 Å². The van der Waals surface area contributed by atoms with Gasteiger partial charge in [0.1, 0.15) is 11.5 Å². The van der Waals surface area contributed by atoms with Gasteiger partial charge in [0.05, 0.1) is 12.7 Å². The van der Waals surface area contributed by atoms with Crippen molar-refractivity contribution >= 4 is 0 Å². The number of hydrogen-bond acceptors (Lipinski definition) is 5. The first-order chi connectivity index (χ1) is 13.2. The van der Waals surface area contributed by atoms with Gasteiger partial charge in [0.2, 0.25) is 0 Å². The van der Waals surface area contributed by atoms with Crippen molar-refractivity contribution < 1.29 is 9.84 Å². The standard InChI is InChI=1S/C22H17N3O2/c1-27-17-12-13-18(19(26)14-17)22-24-20(15-8-4-2-5-9-15)23-21(25-22)16-10-6-3-7-11-16/h2-14,26H,1H3. The fourth-order valence-corrected chi connectivity index (χ4v) is 2.76. The summed E-state index contributed by atoms with van der Waals surface area (Å²) in [4.78, 5) is 13.8. The highest BCUT2D eigenvalue weighted by molar-refractivity contribution is 5.70. The number of aromatic nitrogens is 3. The largest absolute Gasteiger partial charge is 0.507 e. The molecule has 1 heterocycles. The van der Waals surface area contributed by atoms with Gasteiger partial charge in [-0.15, -0.1) is 0 Å². The van der Waals surface area contributed by atoms with Gasteiger partial charge in [0, 0.05) is 17.2 Å². The molecule has 4 rings (SSSR count). The molecule has 3 aromatic carbocycles. The molecule has 1 N–H and O–H groups in total. The maximum absolute atomic E-state index is 10.4. The Kier molecular flexibility index (Phi) is 4.49. The van der Waals surface area contributed by atoms with E-state index in [1.54, 1.807) is 25.3 Å². The van der Waals surface area contributed by atoms with Gasteiger partial charge in [0.15, 0.2) is 17.5 Å². The quantitative estimate of drug-likeness (QED) is 0.580. The second kappa shape index (κ2) is 7.25. The smallest absolute Gasteiger partial charge is 0.167 e. The molecular formula is C22H17N3O2. The Balaban J connectivity index is 1.91. The van der Waals surface area contributed by atoms with Crippen LogP contribution in [-0.2, 0) is 0 Å². The molecule has 0 spiro atoms. The molecule has 5 nitrogen and oxygen atoms in total. The molecule has 0 atom stereocenters. The zero-order chi connectivity index (χ0) is 18.6. The highest BCUT2D eigenvalue weighted by Crippen LogP contribution is 2.32. The van der Waals surface area contributed by atoms with E-state index in [1.165, 1.54) is 0 Å². The monoisotopic (exact) mass is 355 g/mol. The van der Waals surface area contributed by atoms with Crippen LogP contribution in [0.3, 0.4) is 0 Å². The first-order valence-corrected chi connectivity index (χ1v) is 8.49. The highest BCUT2D eigenvalue weighted by Gasteiger charge is 2.14. The third-order valence-electron chi connectivity index (χ3n) is 4.15. The maximum Gasteiger partial charge on any atom is 0.167 e. The summed E-state index contributed by atoms with van der Waals surface area (Å²) in [5, 5.41) is 10.4. The predicted molar refractivity (Wildman–Crippen MR) is 104 cm³/mol. The van der Waals surface area contributed by atoms with Gasteiger partial charge >= 0.3 is 0 Å². The third kappa shape index (κ3) is 3.48. The summed E-state index contributed by atoms with van der Waals surface area (Å²) in [6, 6.07) is 24.5. The van der Waals surface area contributed by atoms with E-state index < -0.39 is 0 Å². The van der Waals surface area contributed by atoms with Gasteiger partial charge in [-0.25, -0.2) is 15.0 Å². The van der Waals surface area contributed by atoms with Crippen LogP contribution in [0.15, 0.2) is 78.9 Å². The molecule has 0 radical (unpaired) electrons. The van der Waals surface area contributed by atoms with Crippen molar-refractivity contribution in [3.8, 4) is 45.7 Å². The van der Waals surface area contributed by atoms with Crippen molar-refractivity contribution in [2.24, 2.45) is 0 Å². The first kappa shape index (κ1) is 16.7. The van der Waals surface area contributed by atoms with Crippen LogP contribution in [0.4, 0.5) is 0 Å². The van der Waals surface area contributed by atoms with Crippen LogP contribution in [0.2, 0.25) is 0 Å². The van der Waals surface area contributed by atoms with E-state index in [-0.39, 0.29) is 5.75 Å². The molecule has 27 heavy (non-hydrogen) atoms. The summed E-state index contributed by atoms with van der Waals surface area (Å²) in [6.45, 7) is 0. The molecule has 0 aliphatic carbocycles. The molecule has 0 unspecified atom stereocenters. The fraction of sp³-hybridized carbons (Fsp3) is 0.0455. The molecule has 0 amide bonds. The molecule has 4 aromatic rings. The molecule has 0 bridgehead atoms. The maximum atomic E-state index is 10.4. The van der Waals surface area contributed by atoms with E-state index in [4.69, 9.17) is 4.74 Å². The normalized spacial score (nSPS) is 10.6. The molecule has 0 aliphatic heterocycles. The average Bonchev–Trinajstić information content (AvgIpc) is 2.74. The topological polar surface area (TPSA) is 68.1 Å². The summed E-state index contributed by atoms with van der Waals surface area (Å²) >= 11 is 0. The van der Waals surface area contributed by atoms with Crippen LogP contribution in [0.1, 0.15) is 0 Å². The second-order valence-electron chi connectivity index (χ2n) is 5.92. The van der Waals surface area contributed by atoms with Crippen LogP contribution in [0, 0.1) is 0 Å². The molecule has 132 valence electrons. The summed E-state index contributed by atoms with van der Waals surface area (Å²) in [5.41, 5.74) is 2.28. The molecule has 0 aliphatic rings. The highest BCUT2D eigenvalue weighted by atomic mass is 16.5. The zero-order valence-corrected chi connectivity index (χ0v) is 14.7. The van der Waals surface area contributed by atoms with Crippen molar-refractivity contribution in [3.05, 3.63) is 78.9 Å². The van der Waals surface area contributed by atoms with Gasteiger partial charge in [-0.05, 0) is 12.1 Å². The number of hydrogen-bond donors (Lipinski definition) is 1. The Bertz CT molecular complexity index is 1010. The molecular weight excluding hydrogens is 338 g/mol. The van der Waals surface area contributed by atoms with Crippen LogP contribution >= 0.6 is 0 Å². The number of nitrogens with zero attached hydrogens (tertiary/aromatic N) is 3. The third-order valence-corrected chi connectivity index (χ3v) is 4.15. The van der Waals surface area contributed by atoms with E-state index in [1.807, 2.05) is 60.7 Å². The van der Waals surface area contributed by atoms with Crippen LogP contribution in [0.25, 0.3) is 34.2 Å². The number of aromatic hydroxyl groups is 1. The van der Waals surface area contributed by atoms with Gasteiger partial charge in [0.25, 0.3) is 0 Å². The lowest BCUT2D eigenvalue weighted by molar-refractivity contribution is 0.408. The van der Waals surface area contributed by atoms with E-state index in [9.17, 15) is 5.11 Å². The Hall–Kier alpha value is -3.73. The molecule has 1 aromatic heterocycles. The van der Waals surface area contributed by atoms with Crippen molar-refractivity contribution in [3.63, 3.8) is 0 Å². The van der Waals surface area contributed by atoms with Gasteiger partial charge in [-0.1, -0.05) is 60.7 Å². The van der Waals surface area contributed by atoms with Crippen molar-refractivity contribution in [1.82, 2.24) is 15.0 Å². The Morgan fingerprint density at radius 2 is 1.19 bits per heavy atom. The van der Waals surface area contributed by atoms with E-state index in [2.05, 4.69) is 15.0 Å². The Morgan fingerprint density at radius 1 is 0.667 bits per heavy atom. The van der Waals surface area contributed by atoms with Crippen molar-refractivity contribution in [1.29, 1.82) is 0 Å². The van der Waals surface area contributed by atoms with E-state index >= 15 is 0 Å². The average molecular weight is 355 g/mol. The molecule has 0 saturated carbocycles. The minimum atomic E-state index is 0.0542. The number of methoxy groups -OCH3 is 1. The van der Waals surface area contributed by atoms with E-state index in [0.717, 1.165) is 11.1 Å². The van der Waals surface area contributed by atoms with Crippen LogP contribution in [-0.4, -0.2) is 27.2 Å². The lowest BCUT2D eigenvalue weighted by Crippen LogP contribution is -2.00. The molecule has 0 fully saturated rings. The molecule has 5 heteroatoms. The SMILES string of the molecule is COc1ccc(-c2nc(-c3ccccc3)nc(-c3ccccc3)n2)c(O)c1. The first-order valence-electron chi connectivity index (χ1n) is 8.49. The second-order valence-corrected chi connectivity index (χ2v) is 5.92. The van der Waals surface area contributed by atoms with Gasteiger partial charge < -0.3 is 9.84 Å². The van der Waals surface area contributed by atoms with E-state index in [0.29, 0.717) is 28.8 Å². The van der Waals surface area contributed by atoms with Crippen molar-refractivity contribution in [2.75, 3.05) is 7.11 Å². The summed E-state index contributed by atoms with van der Waals surface area (Å²) in [6.07, 6.45) is 0.